The van der Waals surface area contributed by atoms with Crippen LogP contribution in [0.25, 0.3) is 0 Å². The van der Waals surface area contributed by atoms with Crippen molar-refractivity contribution < 1.29 is 8.42 Å². The van der Waals surface area contributed by atoms with E-state index in [1.54, 1.807) is 6.07 Å². The van der Waals surface area contributed by atoms with Crippen LogP contribution in [-0.4, -0.2) is 13.4 Å². The van der Waals surface area contributed by atoms with Gasteiger partial charge in [-0.1, -0.05) is 11.8 Å². The van der Waals surface area contributed by atoms with Crippen molar-refractivity contribution >= 4 is 38.8 Å². The van der Waals surface area contributed by atoms with Gasteiger partial charge in [-0.2, -0.15) is 0 Å². The fourth-order valence-electron chi connectivity index (χ4n) is 1.30. The van der Waals surface area contributed by atoms with E-state index in [1.807, 2.05) is 12.3 Å². The number of sulfonamides is 1. The highest BCUT2D eigenvalue weighted by atomic mass is 32.2. The molecule has 0 amide bonds. The van der Waals surface area contributed by atoms with E-state index >= 15 is 0 Å². The average molecular weight is 301 g/mol. The molecule has 0 aliphatic heterocycles. The zero-order valence-corrected chi connectivity index (χ0v) is 11.9. The maximum Gasteiger partial charge on any atom is 0.238 e. The van der Waals surface area contributed by atoms with Crippen molar-refractivity contribution in [3.63, 3.8) is 0 Å². The summed E-state index contributed by atoms with van der Waals surface area (Å²) in [6.45, 7) is 1.90. The number of thiazole rings is 1. The molecule has 0 bridgehead atoms. The lowest BCUT2D eigenvalue weighted by Crippen LogP contribution is -2.12. The fourth-order valence-corrected chi connectivity index (χ4v) is 3.88. The molecule has 96 valence electrons. The Morgan fingerprint density at radius 1 is 1.33 bits per heavy atom. The van der Waals surface area contributed by atoms with E-state index < -0.39 is 10.0 Å². The van der Waals surface area contributed by atoms with E-state index in [4.69, 9.17) is 10.9 Å². The first-order valence-corrected chi connectivity index (χ1v) is 8.12. The zero-order valence-electron chi connectivity index (χ0n) is 9.45. The number of aromatic nitrogens is 1. The molecule has 8 heteroatoms. The first-order chi connectivity index (χ1) is 8.34. The third-order valence-electron chi connectivity index (χ3n) is 2.03. The van der Waals surface area contributed by atoms with Gasteiger partial charge in [0.15, 0.2) is 4.34 Å². The predicted octanol–water partition coefficient (Wildman–Crippen LogP) is 1.83. The van der Waals surface area contributed by atoms with Gasteiger partial charge in [0, 0.05) is 21.7 Å². The molecule has 0 spiro atoms. The normalized spacial score (nSPS) is 11.7. The molecule has 5 nitrogen and oxygen atoms in total. The van der Waals surface area contributed by atoms with E-state index in [0.29, 0.717) is 10.6 Å². The summed E-state index contributed by atoms with van der Waals surface area (Å²) in [5.74, 6) is 0. The van der Waals surface area contributed by atoms with Gasteiger partial charge in [0.2, 0.25) is 10.0 Å². The van der Waals surface area contributed by atoms with Crippen LogP contribution in [0.3, 0.4) is 0 Å². The van der Waals surface area contributed by atoms with Crippen LogP contribution in [0, 0.1) is 6.92 Å². The first-order valence-electron chi connectivity index (χ1n) is 4.88. The van der Waals surface area contributed by atoms with Crippen LogP contribution < -0.4 is 10.9 Å². The van der Waals surface area contributed by atoms with Gasteiger partial charge in [-0.25, -0.2) is 18.5 Å². The molecule has 0 saturated carbocycles. The largest absolute Gasteiger partial charge is 0.399 e. The van der Waals surface area contributed by atoms with E-state index in [-0.39, 0.29) is 4.90 Å². The monoisotopic (exact) mass is 301 g/mol. The molecule has 4 N–H and O–H groups in total. The second-order valence-corrected chi connectivity index (χ2v) is 7.38. The maximum absolute atomic E-state index is 11.3. The Morgan fingerprint density at radius 2 is 2.06 bits per heavy atom. The molecule has 0 unspecified atom stereocenters. The van der Waals surface area contributed by atoms with E-state index in [0.717, 1.165) is 10.0 Å². The number of rotatable bonds is 3. The van der Waals surface area contributed by atoms with Crippen LogP contribution in [-0.2, 0) is 10.0 Å². The molecule has 0 radical (unpaired) electrons. The highest BCUT2D eigenvalue weighted by molar-refractivity contribution is 8.01. The minimum Gasteiger partial charge on any atom is -0.399 e. The second-order valence-electron chi connectivity index (χ2n) is 3.64. The Bertz CT molecular complexity index is 679. The van der Waals surface area contributed by atoms with E-state index in [9.17, 15) is 8.42 Å². The summed E-state index contributed by atoms with van der Waals surface area (Å²) in [6, 6.07) is 4.52. The Hall–Kier alpha value is -1.09. The van der Waals surface area contributed by atoms with Crippen LogP contribution in [0.2, 0.25) is 0 Å². The molecule has 18 heavy (non-hydrogen) atoms. The van der Waals surface area contributed by atoms with Crippen LogP contribution in [0.15, 0.2) is 37.7 Å². The molecule has 2 aromatic rings. The number of benzene rings is 1. The van der Waals surface area contributed by atoms with Crippen LogP contribution in [0.1, 0.15) is 5.69 Å². The molecule has 1 aromatic heterocycles. The van der Waals surface area contributed by atoms with Crippen molar-refractivity contribution in [2.24, 2.45) is 5.14 Å². The average Bonchev–Trinajstić information content (AvgIpc) is 2.61. The molecular weight excluding hydrogens is 290 g/mol. The highest BCUT2D eigenvalue weighted by Crippen LogP contribution is 2.32. The Labute approximate surface area is 113 Å². The number of nitrogens with two attached hydrogens (primary N) is 2. The number of nitrogen functional groups attached to an aromatic ring is 1. The maximum atomic E-state index is 11.3. The van der Waals surface area contributed by atoms with Crippen LogP contribution in [0.4, 0.5) is 5.69 Å². The van der Waals surface area contributed by atoms with Gasteiger partial charge in [-0.05, 0) is 25.1 Å². The van der Waals surface area contributed by atoms with Gasteiger partial charge < -0.3 is 5.73 Å². The first kappa shape index (κ1) is 13.3. The number of aryl methyl sites for hydroxylation is 1. The summed E-state index contributed by atoms with van der Waals surface area (Å²) < 4.78 is 23.4. The molecule has 0 saturated heterocycles. The summed E-state index contributed by atoms with van der Waals surface area (Å²) >= 11 is 2.85. The van der Waals surface area contributed by atoms with Crippen molar-refractivity contribution in [3.05, 3.63) is 29.3 Å². The van der Waals surface area contributed by atoms with Crippen LogP contribution in [0.5, 0.6) is 0 Å². The quantitative estimate of drug-likeness (QED) is 0.843. The predicted molar refractivity (Wildman–Crippen MR) is 73.2 cm³/mol. The molecule has 0 atom stereocenters. The number of primary sulfonamides is 1. The van der Waals surface area contributed by atoms with Gasteiger partial charge in [-0.15, -0.1) is 11.3 Å². The number of anilines is 1. The molecule has 2 rings (SSSR count). The van der Waals surface area contributed by atoms with Crippen molar-refractivity contribution in [1.82, 2.24) is 4.98 Å². The lowest BCUT2D eigenvalue weighted by molar-refractivity contribution is 0.597. The summed E-state index contributed by atoms with van der Waals surface area (Å²) in [5, 5.41) is 7.01. The topological polar surface area (TPSA) is 99.1 Å². The van der Waals surface area contributed by atoms with Crippen LogP contribution >= 0.6 is 23.1 Å². The lowest BCUT2D eigenvalue weighted by atomic mass is 10.3. The zero-order chi connectivity index (χ0) is 13.3. The SMILES string of the molecule is Cc1csc(Sc2cc(N)cc(S(N)(=O)=O)c2)n1. The number of nitrogens with zero attached hydrogens (tertiary/aromatic N) is 1. The van der Waals surface area contributed by atoms with Gasteiger partial charge in [0.25, 0.3) is 0 Å². The van der Waals surface area contributed by atoms with Crippen molar-refractivity contribution in [2.45, 2.75) is 21.1 Å². The molecule has 0 aliphatic carbocycles. The van der Waals surface area contributed by atoms with Gasteiger partial charge in [0.1, 0.15) is 0 Å². The van der Waals surface area contributed by atoms with Gasteiger partial charge in [-0.3, -0.25) is 0 Å². The summed E-state index contributed by atoms with van der Waals surface area (Å²) in [4.78, 5) is 5.00. The summed E-state index contributed by atoms with van der Waals surface area (Å²) in [7, 11) is -3.75. The lowest BCUT2D eigenvalue weighted by Gasteiger charge is -2.04. The minimum atomic E-state index is -3.75. The molecule has 0 fully saturated rings. The Balaban J connectivity index is 2.37. The van der Waals surface area contributed by atoms with E-state index in [2.05, 4.69) is 4.98 Å². The highest BCUT2D eigenvalue weighted by Gasteiger charge is 2.11. The van der Waals surface area contributed by atoms with Gasteiger partial charge >= 0.3 is 0 Å². The second kappa shape index (κ2) is 4.88. The molecule has 1 heterocycles. The van der Waals surface area contributed by atoms with Gasteiger partial charge in [0.05, 0.1) is 4.90 Å². The van der Waals surface area contributed by atoms with Crippen molar-refractivity contribution in [2.75, 3.05) is 5.73 Å². The summed E-state index contributed by atoms with van der Waals surface area (Å²) in [6.07, 6.45) is 0. The smallest absolute Gasteiger partial charge is 0.238 e. The molecule has 0 aliphatic rings. The Morgan fingerprint density at radius 3 is 2.61 bits per heavy atom. The standard InChI is InChI=1S/C10H11N3O2S3/c1-6-5-16-10(13-6)17-8-2-7(11)3-9(4-8)18(12,14)15/h2-5H,11H2,1H3,(H2,12,14,15). The minimum absolute atomic E-state index is 0.0123. The fraction of sp³-hybridized carbons (Fsp3) is 0.100. The number of hydrogen-bond acceptors (Lipinski definition) is 6. The molecular formula is C10H11N3O2S3. The third-order valence-corrected chi connectivity index (χ3v) is 4.95. The molecule has 1 aromatic carbocycles. The van der Waals surface area contributed by atoms with Crippen molar-refractivity contribution in [3.8, 4) is 0 Å². The third kappa shape index (κ3) is 3.22. The van der Waals surface area contributed by atoms with Crippen molar-refractivity contribution in [1.29, 1.82) is 0 Å². The summed E-state index contributed by atoms with van der Waals surface area (Å²) in [5.41, 5.74) is 6.95. The van der Waals surface area contributed by atoms with E-state index in [1.165, 1.54) is 35.2 Å². The Kier molecular flexibility index (Phi) is 3.62. The number of hydrogen-bond donors (Lipinski definition) is 2.